The van der Waals surface area contributed by atoms with Gasteiger partial charge in [0.2, 0.25) is 0 Å². The van der Waals surface area contributed by atoms with E-state index in [0.29, 0.717) is 92.4 Å². The lowest BCUT2D eigenvalue weighted by Gasteiger charge is -2.24. The van der Waals surface area contributed by atoms with Gasteiger partial charge in [0.25, 0.3) is 51.8 Å². The Kier molecular flexibility index (Phi) is 26.3. The number of anilines is 12. The average Bonchev–Trinajstić information content (AvgIpc) is 1.66. The van der Waals surface area contributed by atoms with Gasteiger partial charge in [-0.3, -0.25) is 56.9 Å². The summed E-state index contributed by atoms with van der Waals surface area (Å²) in [5, 5.41) is 53.7. The van der Waals surface area contributed by atoms with Gasteiger partial charge in [-0.1, -0.05) is 34.8 Å². The number of pyridine rings is 4. The first-order valence-electron chi connectivity index (χ1n) is 41.9. The van der Waals surface area contributed by atoms with Gasteiger partial charge in [0, 0.05) is 158 Å². The normalized spacial score (nSPS) is 16.9. The minimum absolute atomic E-state index is 0.0652. The van der Waals surface area contributed by atoms with Gasteiger partial charge in [-0.25, -0.2) is 53.0 Å². The number of hydrogen-bond donors (Lipinski definition) is 12. The number of carbonyl (C=O) groups excluding carboxylic acids is 5. The molecule has 0 unspecified atom stereocenters. The molecule has 1 aliphatic heterocycles. The van der Waals surface area contributed by atoms with Crippen molar-refractivity contribution in [1.29, 1.82) is 0 Å². The number of carbonyl (C=O) groups is 5. The average molecular weight is 1940 g/mol. The van der Waals surface area contributed by atoms with Crippen molar-refractivity contribution in [2.24, 2.45) is 0 Å². The second-order valence-electron chi connectivity index (χ2n) is 31.7. The zero-order valence-electron chi connectivity index (χ0n) is 72.7. The highest BCUT2D eigenvalue weighted by Crippen LogP contribution is 2.34. The van der Waals surface area contributed by atoms with E-state index in [1.54, 1.807) is 94.1 Å². The molecule has 51 heteroatoms. The monoisotopic (exact) mass is 1940 g/mol. The Morgan fingerprint density at radius 3 is 1.13 bits per heavy atom. The van der Waals surface area contributed by atoms with E-state index in [2.05, 4.69) is 124 Å². The van der Waals surface area contributed by atoms with Crippen molar-refractivity contribution in [3.05, 3.63) is 223 Å². The number of alkyl halides is 3. The predicted octanol–water partition coefficient (Wildman–Crippen LogP) is 9.42. The Morgan fingerprint density at radius 2 is 0.800 bits per heavy atom. The maximum atomic E-state index is 13.3. The lowest BCUT2D eigenvalue weighted by Crippen LogP contribution is -2.29. The number of ether oxygens (including phenoxy) is 1. The molecular formula is C84H83Cl3F3N33O10S2. The van der Waals surface area contributed by atoms with E-state index in [4.69, 9.17) is 39.5 Å². The molecule has 5 aliphatic rings. The van der Waals surface area contributed by atoms with Crippen molar-refractivity contribution in [2.45, 2.75) is 108 Å². The van der Waals surface area contributed by atoms with Crippen LogP contribution in [0.2, 0.25) is 15.1 Å². The minimum atomic E-state index is -1.06. The van der Waals surface area contributed by atoms with Crippen molar-refractivity contribution in [3.63, 3.8) is 0 Å². The fourth-order valence-corrected chi connectivity index (χ4v) is 16.2. The number of thiazole rings is 2. The van der Waals surface area contributed by atoms with Crippen LogP contribution in [0.1, 0.15) is 113 Å². The van der Waals surface area contributed by atoms with Crippen LogP contribution in [0.25, 0.3) is 38.7 Å². The van der Waals surface area contributed by atoms with Gasteiger partial charge >= 0.3 is 0 Å². The first kappa shape index (κ1) is 91.9. The Bertz CT molecular complexity index is 7200. The van der Waals surface area contributed by atoms with Crippen molar-refractivity contribution < 1.29 is 41.9 Å². The van der Waals surface area contributed by atoms with Crippen LogP contribution in [0.4, 0.5) is 82.5 Å². The van der Waals surface area contributed by atoms with E-state index < -0.39 is 59.9 Å². The maximum Gasteiger partial charge on any atom is 0.280 e. The molecule has 15 aromatic heterocycles. The number of aromatic nitrogens is 20. The molecule has 43 nitrogen and oxygen atoms in total. The second kappa shape index (κ2) is 38.7. The summed E-state index contributed by atoms with van der Waals surface area (Å²) in [6.45, 7) is 5.10. The van der Waals surface area contributed by atoms with Crippen molar-refractivity contribution in [1.82, 2.24) is 123 Å². The quantitative estimate of drug-likeness (QED) is 0.0253. The van der Waals surface area contributed by atoms with Crippen LogP contribution in [-0.2, 0) is 4.74 Å². The molecule has 0 bridgehead atoms. The number of fused-ring (bicyclic) bond motifs is 4. The molecule has 12 N–H and O–H groups in total. The standard InChI is InChI=1S/C23H22ClFN10O3.C21H25N7O3.2C20H18ClFN8O2S/c1-26-18-6-17(32-20-12(7-29-35(18)20)21(36)31-14-5-13(14)25)30-15-4-11(24)10-34(23(15)38)19-9-27-16(8-28-19)22(37)33(2)3;1-22-18-11-17(26-19-15(12-23-28(18)19)20(29)24-13-4-5-13)25-16-3-2-8-27(21(16)30)14-6-9-31-10-7-14;2*1-9-6-24-20(33-9)29-8-10(21)3-14(19(29)32)26-15-5-16(23-2)30-17(28-15)11(7-25-30)18(31)27-13-4-12(13)22/h4,6-10,13-14,26H,5H2,1-3H3,(H,30,32)(H,31,36);2-3,8,11-14,22H,4-7,9-10H2,1H3,(H,24,29)(H,25,26);2*3,5-8,12-13,23H,4H2,1-2H3,(H,26,28)(H,27,31)/t13-,14+;;2*12-,13+/m1.11/s1. The van der Waals surface area contributed by atoms with Crippen molar-refractivity contribution >= 4 is 179 Å². The van der Waals surface area contributed by atoms with Crippen molar-refractivity contribution in [2.75, 3.05) is 98.0 Å². The fourth-order valence-electron chi connectivity index (χ4n) is 14.1. The zero-order valence-corrected chi connectivity index (χ0v) is 76.6. The van der Waals surface area contributed by atoms with E-state index in [0.717, 1.165) is 35.4 Å². The third kappa shape index (κ3) is 20.2. The summed E-state index contributed by atoms with van der Waals surface area (Å²) < 4.78 is 56.7. The number of halogens is 6. The Morgan fingerprint density at radius 1 is 0.444 bits per heavy atom. The summed E-state index contributed by atoms with van der Waals surface area (Å²) in [6, 6.07) is 13.5. The molecule has 135 heavy (non-hydrogen) atoms. The van der Waals surface area contributed by atoms with Gasteiger partial charge in [0.1, 0.15) is 116 Å². The molecule has 4 saturated carbocycles. The predicted molar refractivity (Wildman–Crippen MR) is 501 cm³/mol. The smallest absolute Gasteiger partial charge is 0.280 e. The van der Waals surface area contributed by atoms with Gasteiger partial charge in [0.15, 0.2) is 38.7 Å². The summed E-state index contributed by atoms with van der Waals surface area (Å²) >= 11 is 21.5. The molecule has 0 spiro atoms. The molecular weight excluding hydrogens is 1860 g/mol. The SMILES string of the molecule is CNc1cc(Nc2cc(Cl)cn(-c3cnc(C(=O)N(C)C)cn3)c2=O)nc2c(C(=O)N[C@H]3C[C@H]3F)cnn12.CNc1cc(Nc2cc(Cl)cn(-c3ncc(C)s3)c2=O)nc2c(C(=O)N[C@H]3C[C@H]3F)cnn12.CNc1cc(Nc2cc(Cl)cn(-c3ncc(C)s3)c2=O)nc2c(C(=O)N[C@H]3C[C@H]3F)cnn12.CNc1cc(Nc2cccn(C3CCOCC3)c2=O)nc2c(C(=O)NC3CC3)cnn12. The molecule has 1 saturated heterocycles. The largest absolute Gasteiger partial charge is 0.381 e. The van der Waals surface area contributed by atoms with Crippen LogP contribution in [-0.4, -0.2) is 229 Å². The number of rotatable bonds is 25. The minimum Gasteiger partial charge on any atom is -0.381 e. The summed E-state index contributed by atoms with van der Waals surface area (Å²) in [5.74, 6) is 1.62. The van der Waals surface area contributed by atoms with Crippen LogP contribution >= 0.6 is 57.5 Å². The van der Waals surface area contributed by atoms with Gasteiger partial charge in [-0.2, -0.15) is 38.5 Å². The first-order valence-corrected chi connectivity index (χ1v) is 44.7. The third-order valence-corrected chi connectivity index (χ3v) is 24.0. The lowest BCUT2D eigenvalue weighted by molar-refractivity contribution is 0.0687. The topological polar surface area (TPSA) is 502 Å². The highest BCUT2D eigenvalue weighted by molar-refractivity contribution is 7.14. The molecule has 5 amide bonds. The Hall–Kier alpha value is -15.0. The van der Waals surface area contributed by atoms with Crippen LogP contribution < -0.4 is 86.0 Å². The molecule has 698 valence electrons. The molecule has 4 aliphatic carbocycles. The molecule has 6 atom stereocenters. The summed E-state index contributed by atoms with van der Waals surface area (Å²) in [4.78, 5) is 153. The fraction of sp³-hybridized carbons (Fsp3) is 0.298. The van der Waals surface area contributed by atoms with Gasteiger partial charge in [-0.05, 0) is 69.9 Å². The highest BCUT2D eigenvalue weighted by Gasteiger charge is 2.42. The van der Waals surface area contributed by atoms with E-state index in [1.165, 1.54) is 129 Å². The van der Waals surface area contributed by atoms with Crippen molar-refractivity contribution in [3.8, 4) is 16.1 Å². The van der Waals surface area contributed by atoms with Gasteiger partial charge in [-0.15, -0.1) is 22.7 Å². The van der Waals surface area contributed by atoms with Crippen LogP contribution in [0.15, 0.2) is 148 Å². The number of amides is 5. The van der Waals surface area contributed by atoms with E-state index in [-0.39, 0.29) is 132 Å². The van der Waals surface area contributed by atoms with Gasteiger partial charge < -0.3 is 78.0 Å². The lowest BCUT2D eigenvalue weighted by atomic mass is 10.1. The number of nitrogens with one attached hydrogen (secondary N) is 12. The molecule has 0 aromatic carbocycles. The van der Waals surface area contributed by atoms with Crippen LogP contribution in [0, 0.1) is 13.8 Å². The zero-order chi connectivity index (χ0) is 95.1. The highest BCUT2D eigenvalue weighted by atomic mass is 35.5. The van der Waals surface area contributed by atoms with E-state index in [9.17, 15) is 56.3 Å². The second-order valence-corrected chi connectivity index (χ2v) is 35.4. The molecule has 5 fully saturated rings. The molecule has 0 radical (unpaired) electrons. The van der Waals surface area contributed by atoms with Crippen LogP contribution in [0.5, 0.6) is 0 Å². The molecule has 16 heterocycles. The summed E-state index contributed by atoms with van der Waals surface area (Å²) in [6.07, 6.45) is 19.1. The summed E-state index contributed by atoms with van der Waals surface area (Å²) in [5.41, 5.74) is 1.66. The third-order valence-electron chi connectivity index (χ3n) is 21.6. The molecule has 20 rings (SSSR count). The number of aryl methyl sites for hydroxylation is 2. The summed E-state index contributed by atoms with van der Waals surface area (Å²) in [7, 11) is 9.99. The molecule has 15 aromatic rings. The Balaban J connectivity index is 0.000000125. The van der Waals surface area contributed by atoms with E-state index >= 15 is 0 Å². The Labute approximate surface area is 783 Å². The van der Waals surface area contributed by atoms with Gasteiger partial charge in [0.05, 0.1) is 70.4 Å². The van der Waals surface area contributed by atoms with E-state index in [1.807, 2.05) is 26.1 Å². The first-order chi connectivity index (χ1) is 65.0. The number of hydrogen-bond acceptors (Lipinski definition) is 32. The maximum absolute atomic E-state index is 13.3. The number of nitrogens with zero attached hydrogens (tertiary/aromatic N) is 21. The van der Waals surface area contributed by atoms with Crippen LogP contribution in [0.3, 0.4) is 0 Å².